The third kappa shape index (κ3) is 5.14. The van der Waals surface area contributed by atoms with Crippen molar-refractivity contribution in [3.63, 3.8) is 0 Å². The molecule has 2 aromatic carbocycles. The number of nitrogens with zero attached hydrogens (tertiary/aromatic N) is 1. The lowest BCUT2D eigenvalue weighted by atomic mass is 9.83. The molecule has 2 aromatic rings. The van der Waals surface area contributed by atoms with Gasteiger partial charge >= 0.3 is 0 Å². The average Bonchev–Trinajstić information content (AvgIpc) is 2.75. The Labute approximate surface area is 170 Å². The average molecular weight is 391 g/mol. The highest BCUT2D eigenvalue weighted by atomic mass is 16.5. The van der Waals surface area contributed by atoms with E-state index in [-0.39, 0.29) is 11.8 Å². The minimum Gasteiger partial charge on any atom is -0.480 e. The fraction of sp³-hybridized carbons (Fsp3) is 0.348. The minimum atomic E-state index is -0.840. The minimum absolute atomic E-state index is 0.318. The first kappa shape index (κ1) is 20.4. The van der Waals surface area contributed by atoms with Crippen molar-refractivity contribution in [2.75, 3.05) is 5.32 Å². The molecule has 6 heteroatoms. The highest BCUT2D eigenvalue weighted by molar-refractivity contribution is 6.06. The normalized spacial score (nSPS) is 16.1. The maximum absolute atomic E-state index is 12.7. The van der Waals surface area contributed by atoms with E-state index in [1.807, 2.05) is 18.2 Å². The predicted molar refractivity (Wildman–Crippen MR) is 110 cm³/mol. The Morgan fingerprint density at radius 3 is 2.38 bits per heavy atom. The number of benzene rings is 2. The summed E-state index contributed by atoms with van der Waals surface area (Å²) in [6.07, 6.45) is 3.38. The van der Waals surface area contributed by atoms with E-state index in [2.05, 4.69) is 16.7 Å². The number of anilines is 1. The van der Waals surface area contributed by atoms with Gasteiger partial charge in [-0.3, -0.25) is 9.59 Å². The molecule has 0 heterocycles. The van der Waals surface area contributed by atoms with Crippen molar-refractivity contribution in [2.24, 2.45) is 0 Å². The van der Waals surface area contributed by atoms with Crippen LogP contribution in [-0.4, -0.2) is 23.5 Å². The Morgan fingerprint density at radius 1 is 1.03 bits per heavy atom. The summed E-state index contributed by atoms with van der Waals surface area (Å²) in [4.78, 5) is 25.3. The monoisotopic (exact) mass is 391 g/mol. The smallest absolute Gasteiger partial charge is 0.262 e. The molecule has 0 unspecified atom stereocenters. The first-order valence-electron chi connectivity index (χ1n) is 9.88. The van der Waals surface area contributed by atoms with Crippen molar-refractivity contribution >= 4 is 17.5 Å². The molecule has 2 N–H and O–H groups in total. The molecule has 1 fully saturated rings. The van der Waals surface area contributed by atoms with Gasteiger partial charge in [0.25, 0.3) is 11.8 Å². The molecular weight excluding hydrogens is 366 g/mol. The zero-order valence-corrected chi connectivity index (χ0v) is 16.5. The Kier molecular flexibility index (Phi) is 6.50. The van der Waals surface area contributed by atoms with E-state index in [9.17, 15) is 14.9 Å². The van der Waals surface area contributed by atoms with Crippen LogP contribution in [0.15, 0.2) is 54.6 Å². The number of carbonyl (C=O) groups is 2. The van der Waals surface area contributed by atoms with E-state index >= 15 is 0 Å². The van der Waals surface area contributed by atoms with Crippen molar-refractivity contribution < 1.29 is 14.3 Å². The summed E-state index contributed by atoms with van der Waals surface area (Å²) in [6, 6.07) is 18.2. The second-order valence-corrected chi connectivity index (χ2v) is 7.32. The van der Waals surface area contributed by atoms with Crippen LogP contribution in [0.25, 0.3) is 0 Å². The second-order valence-electron chi connectivity index (χ2n) is 7.32. The van der Waals surface area contributed by atoms with E-state index in [1.54, 1.807) is 43.3 Å². The van der Waals surface area contributed by atoms with Crippen LogP contribution in [0.2, 0.25) is 0 Å². The van der Waals surface area contributed by atoms with E-state index in [0.717, 1.165) is 19.3 Å². The molecule has 0 saturated heterocycles. The number of nitriles is 1. The SMILES string of the molecule is C[C@H](Oc1ccccc1C(=O)Nc1ccccc1)C(=O)NC1(C#N)CCCCC1. The van der Waals surface area contributed by atoms with Crippen molar-refractivity contribution in [2.45, 2.75) is 50.7 Å². The summed E-state index contributed by atoms with van der Waals surface area (Å²) >= 11 is 0. The largest absolute Gasteiger partial charge is 0.480 e. The summed E-state index contributed by atoms with van der Waals surface area (Å²) in [7, 11) is 0. The van der Waals surface area contributed by atoms with Crippen molar-refractivity contribution in [3.8, 4) is 11.8 Å². The van der Waals surface area contributed by atoms with Gasteiger partial charge < -0.3 is 15.4 Å². The highest BCUT2D eigenvalue weighted by Gasteiger charge is 2.35. The summed E-state index contributed by atoms with van der Waals surface area (Å²) in [5.74, 6) is -0.356. The zero-order chi connectivity index (χ0) is 20.7. The quantitative estimate of drug-likeness (QED) is 0.777. The van der Waals surface area contributed by atoms with Gasteiger partial charge in [-0.2, -0.15) is 5.26 Å². The van der Waals surface area contributed by atoms with Crippen molar-refractivity contribution in [3.05, 3.63) is 60.2 Å². The molecule has 29 heavy (non-hydrogen) atoms. The highest BCUT2D eigenvalue weighted by Crippen LogP contribution is 2.28. The molecule has 0 spiro atoms. The van der Waals surface area contributed by atoms with Gasteiger partial charge in [0.1, 0.15) is 11.3 Å². The topological polar surface area (TPSA) is 91.2 Å². The van der Waals surface area contributed by atoms with Crippen LogP contribution in [-0.2, 0) is 4.79 Å². The first-order valence-corrected chi connectivity index (χ1v) is 9.88. The number of hydrogen-bond acceptors (Lipinski definition) is 4. The Morgan fingerprint density at radius 2 is 1.69 bits per heavy atom. The van der Waals surface area contributed by atoms with Gasteiger partial charge in [-0.05, 0) is 44.0 Å². The molecule has 1 saturated carbocycles. The fourth-order valence-electron chi connectivity index (χ4n) is 3.48. The molecule has 2 amide bonds. The Hall–Kier alpha value is -3.33. The maximum Gasteiger partial charge on any atom is 0.262 e. The molecule has 150 valence electrons. The number of amides is 2. The number of carbonyl (C=O) groups excluding carboxylic acids is 2. The van der Waals surface area contributed by atoms with Gasteiger partial charge in [0.05, 0.1) is 11.6 Å². The zero-order valence-electron chi connectivity index (χ0n) is 16.5. The van der Waals surface area contributed by atoms with Gasteiger partial charge in [0, 0.05) is 5.69 Å². The number of nitrogens with one attached hydrogen (secondary N) is 2. The maximum atomic E-state index is 12.7. The molecule has 1 aliphatic carbocycles. The lowest BCUT2D eigenvalue weighted by molar-refractivity contribution is -0.129. The molecule has 0 aromatic heterocycles. The van der Waals surface area contributed by atoms with Gasteiger partial charge in [-0.1, -0.05) is 49.6 Å². The lowest BCUT2D eigenvalue weighted by Crippen LogP contribution is -2.52. The van der Waals surface area contributed by atoms with Crippen molar-refractivity contribution in [1.82, 2.24) is 5.32 Å². The van der Waals surface area contributed by atoms with Gasteiger partial charge in [-0.15, -0.1) is 0 Å². The van der Waals surface area contributed by atoms with Crippen LogP contribution < -0.4 is 15.4 Å². The van der Waals surface area contributed by atoms with Gasteiger partial charge in [0.2, 0.25) is 0 Å². The number of rotatable bonds is 6. The standard InChI is InChI=1S/C23H25N3O3/c1-17(21(27)26-23(16-24)14-8-3-9-15-23)29-20-13-7-6-12-19(20)22(28)25-18-10-4-2-5-11-18/h2,4-7,10-13,17H,3,8-9,14-15H2,1H3,(H,25,28)(H,26,27)/t17-/m0/s1. The molecular formula is C23H25N3O3. The van der Waals surface area contributed by atoms with Crippen molar-refractivity contribution in [1.29, 1.82) is 5.26 Å². The van der Waals surface area contributed by atoms with Crippen LogP contribution >= 0.6 is 0 Å². The van der Waals surface area contributed by atoms with E-state index < -0.39 is 11.6 Å². The lowest BCUT2D eigenvalue weighted by Gasteiger charge is -2.32. The van der Waals surface area contributed by atoms with E-state index in [4.69, 9.17) is 4.74 Å². The fourth-order valence-corrected chi connectivity index (χ4v) is 3.48. The van der Waals surface area contributed by atoms with E-state index in [0.29, 0.717) is 29.8 Å². The van der Waals surface area contributed by atoms with E-state index in [1.165, 1.54) is 0 Å². The molecule has 6 nitrogen and oxygen atoms in total. The Balaban J connectivity index is 1.69. The Bertz CT molecular complexity index is 899. The third-order valence-corrected chi connectivity index (χ3v) is 5.12. The summed E-state index contributed by atoms with van der Waals surface area (Å²) in [5, 5.41) is 15.2. The summed E-state index contributed by atoms with van der Waals surface area (Å²) < 4.78 is 5.81. The summed E-state index contributed by atoms with van der Waals surface area (Å²) in [6.45, 7) is 1.62. The first-order chi connectivity index (χ1) is 14.0. The molecule has 0 radical (unpaired) electrons. The predicted octanol–water partition coefficient (Wildman–Crippen LogP) is 4.05. The molecule has 3 rings (SSSR count). The number of ether oxygens (including phenoxy) is 1. The summed E-state index contributed by atoms with van der Waals surface area (Å²) in [5.41, 5.74) is 0.187. The van der Waals surface area contributed by atoms with Crippen LogP contribution in [0, 0.1) is 11.3 Å². The molecule has 0 bridgehead atoms. The number of hydrogen-bond donors (Lipinski definition) is 2. The van der Waals surface area contributed by atoms with Crippen LogP contribution in [0.5, 0.6) is 5.75 Å². The van der Waals surface area contributed by atoms with Gasteiger partial charge in [0.15, 0.2) is 6.10 Å². The molecule has 1 aliphatic rings. The second kappa shape index (κ2) is 9.24. The van der Waals surface area contributed by atoms with Crippen LogP contribution in [0.3, 0.4) is 0 Å². The third-order valence-electron chi connectivity index (χ3n) is 5.12. The van der Waals surface area contributed by atoms with Crippen LogP contribution in [0.1, 0.15) is 49.4 Å². The van der Waals surface area contributed by atoms with Gasteiger partial charge in [-0.25, -0.2) is 0 Å². The number of para-hydroxylation sites is 2. The molecule has 1 atom stereocenters. The molecule has 0 aliphatic heterocycles. The van der Waals surface area contributed by atoms with Crippen LogP contribution in [0.4, 0.5) is 5.69 Å².